The van der Waals surface area contributed by atoms with E-state index in [-0.39, 0.29) is 21.5 Å². The summed E-state index contributed by atoms with van der Waals surface area (Å²) >= 11 is 3.44. The number of aliphatic imine (C=N–C) groups is 1. The summed E-state index contributed by atoms with van der Waals surface area (Å²) < 4.78 is 49.5. The molecule has 0 aliphatic heterocycles. The Morgan fingerprint density at radius 2 is 2.12 bits per heavy atom. The first-order chi connectivity index (χ1) is 7.79. The number of benzene rings is 1. The normalized spacial score (nSPS) is 14.6. The molecular weight excluding hydrogens is 290 g/mol. The minimum absolute atomic E-state index is 0.140. The lowest BCUT2D eigenvalue weighted by Gasteiger charge is -1.99. The molecule has 0 aromatic heterocycles. The predicted octanol–water partition coefficient (Wildman–Crippen LogP) is 1.42. The van der Waals surface area contributed by atoms with E-state index in [1.54, 1.807) is 0 Å². The molecule has 0 saturated heterocycles. The van der Waals surface area contributed by atoms with Crippen LogP contribution in [-0.2, 0) is 21.2 Å². The fourth-order valence-electron chi connectivity index (χ4n) is 0.988. The average Bonchev–Trinajstić information content (AvgIpc) is 2.15. The molecule has 1 aromatic rings. The summed E-state index contributed by atoms with van der Waals surface area (Å²) in [6.45, 7) is 0. The number of halogens is 1. The van der Waals surface area contributed by atoms with E-state index in [0.717, 1.165) is 6.07 Å². The van der Waals surface area contributed by atoms with Crippen molar-refractivity contribution in [1.29, 1.82) is 0 Å². The quantitative estimate of drug-likeness (QED) is 0.497. The van der Waals surface area contributed by atoms with Gasteiger partial charge in [-0.1, -0.05) is 17.7 Å². The third kappa shape index (κ3) is 4.92. The molecule has 6 nitrogen and oxygen atoms in total. The van der Waals surface area contributed by atoms with Crippen molar-refractivity contribution in [3.8, 4) is 0 Å². The standard InChI is InChI=1S/C8H8ClNO5S2/c9-8(5-16(11)12)10-6-2-1-3-7(4-6)17(13,14)15/h1-4H,5H2,(H,11,12)(H,13,14,15). The lowest BCUT2D eigenvalue weighted by Crippen LogP contribution is -2.02. The largest absolute Gasteiger partial charge is 0.306 e. The number of hydrogen-bond acceptors (Lipinski definition) is 4. The van der Waals surface area contributed by atoms with E-state index < -0.39 is 21.2 Å². The molecule has 0 spiro atoms. The molecule has 0 fully saturated rings. The van der Waals surface area contributed by atoms with Crippen LogP contribution in [0.2, 0.25) is 0 Å². The molecule has 1 unspecified atom stereocenters. The molecule has 0 saturated carbocycles. The lowest BCUT2D eigenvalue weighted by molar-refractivity contribution is 0.483. The van der Waals surface area contributed by atoms with Gasteiger partial charge in [-0.3, -0.25) is 4.55 Å². The van der Waals surface area contributed by atoms with Gasteiger partial charge in [0.1, 0.15) is 10.9 Å². The minimum Gasteiger partial charge on any atom is -0.306 e. The molecule has 94 valence electrons. The fraction of sp³-hybridized carbons (Fsp3) is 0.125. The second kappa shape index (κ2) is 5.69. The van der Waals surface area contributed by atoms with Gasteiger partial charge in [0.25, 0.3) is 10.1 Å². The van der Waals surface area contributed by atoms with Crippen LogP contribution in [0.4, 0.5) is 5.69 Å². The summed E-state index contributed by atoms with van der Waals surface area (Å²) in [5.74, 6) is -0.350. The van der Waals surface area contributed by atoms with E-state index in [0.29, 0.717) is 0 Å². The highest BCUT2D eigenvalue weighted by Gasteiger charge is 2.09. The highest BCUT2D eigenvalue weighted by Crippen LogP contribution is 2.18. The molecule has 0 bridgehead atoms. The van der Waals surface area contributed by atoms with Crippen LogP contribution >= 0.6 is 11.6 Å². The summed E-state index contributed by atoms with van der Waals surface area (Å²) in [6, 6.07) is 5.09. The van der Waals surface area contributed by atoms with Gasteiger partial charge in [0.15, 0.2) is 11.1 Å². The Kier molecular flexibility index (Phi) is 4.78. The number of rotatable bonds is 4. The highest BCUT2D eigenvalue weighted by molar-refractivity contribution is 7.85. The predicted molar refractivity (Wildman–Crippen MR) is 64.8 cm³/mol. The SMILES string of the molecule is O=S(O)CC(Cl)=Nc1cccc(S(=O)(=O)O)c1. The van der Waals surface area contributed by atoms with Gasteiger partial charge in [0.2, 0.25) is 0 Å². The summed E-state index contributed by atoms with van der Waals surface area (Å²) in [6.07, 6.45) is 0. The zero-order valence-corrected chi connectivity index (χ0v) is 10.7. The van der Waals surface area contributed by atoms with Crippen molar-refractivity contribution in [2.24, 2.45) is 4.99 Å². The summed E-state index contributed by atoms with van der Waals surface area (Å²) in [7, 11) is -4.31. The third-order valence-electron chi connectivity index (χ3n) is 1.61. The molecule has 1 aromatic carbocycles. The van der Waals surface area contributed by atoms with Gasteiger partial charge in [-0.2, -0.15) is 8.42 Å². The fourth-order valence-corrected chi connectivity index (χ4v) is 2.15. The second-order valence-corrected chi connectivity index (χ2v) is 5.72. The zero-order valence-electron chi connectivity index (χ0n) is 8.28. The van der Waals surface area contributed by atoms with Crippen LogP contribution in [0.5, 0.6) is 0 Å². The molecular formula is C8H8ClNO5S2. The zero-order chi connectivity index (χ0) is 13.1. The molecule has 1 rings (SSSR count). The van der Waals surface area contributed by atoms with Crippen LogP contribution < -0.4 is 0 Å². The van der Waals surface area contributed by atoms with E-state index in [9.17, 15) is 12.6 Å². The third-order valence-corrected chi connectivity index (χ3v) is 3.36. The topological polar surface area (TPSA) is 104 Å². The van der Waals surface area contributed by atoms with Gasteiger partial charge in [0.05, 0.1) is 10.6 Å². The van der Waals surface area contributed by atoms with Crippen molar-refractivity contribution in [2.75, 3.05) is 5.75 Å². The van der Waals surface area contributed by atoms with Crippen LogP contribution in [0.1, 0.15) is 0 Å². The maximum atomic E-state index is 10.8. The summed E-state index contributed by atoms with van der Waals surface area (Å²) in [5, 5.41) is -0.140. The van der Waals surface area contributed by atoms with Crippen LogP contribution in [0.25, 0.3) is 0 Å². The van der Waals surface area contributed by atoms with Gasteiger partial charge >= 0.3 is 0 Å². The average molecular weight is 298 g/mol. The smallest absolute Gasteiger partial charge is 0.294 e. The molecule has 1 atom stereocenters. The summed E-state index contributed by atoms with van der Waals surface area (Å²) in [4.78, 5) is 3.40. The molecule has 0 amide bonds. The number of nitrogens with zero attached hydrogens (tertiary/aromatic N) is 1. The molecule has 0 aliphatic carbocycles. The van der Waals surface area contributed by atoms with E-state index >= 15 is 0 Å². The van der Waals surface area contributed by atoms with Gasteiger partial charge < -0.3 is 4.55 Å². The molecule has 0 aliphatic rings. The Morgan fingerprint density at radius 3 is 2.65 bits per heavy atom. The van der Waals surface area contributed by atoms with Crippen molar-refractivity contribution >= 4 is 43.7 Å². The lowest BCUT2D eigenvalue weighted by atomic mass is 10.3. The Hall–Kier alpha value is -0.800. The molecule has 9 heteroatoms. The van der Waals surface area contributed by atoms with E-state index in [1.807, 2.05) is 0 Å². The van der Waals surface area contributed by atoms with Gasteiger partial charge in [-0.15, -0.1) is 0 Å². The van der Waals surface area contributed by atoms with Gasteiger partial charge in [0, 0.05) is 0 Å². The van der Waals surface area contributed by atoms with Crippen LogP contribution in [-0.4, -0.2) is 32.7 Å². The van der Waals surface area contributed by atoms with Gasteiger partial charge in [-0.25, -0.2) is 9.20 Å². The van der Waals surface area contributed by atoms with Crippen molar-refractivity contribution in [1.82, 2.24) is 0 Å². The Morgan fingerprint density at radius 1 is 1.47 bits per heavy atom. The van der Waals surface area contributed by atoms with Crippen LogP contribution in [0.3, 0.4) is 0 Å². The van der Waals surface area contributed by atoms with E-state index in [4.69, 9.17) is 20.7 Å². The monoisotopic (exact) mass is 297 g/mol. The van der Waals surface area contributed by atoms with Crippen molar-refractivity contribution in [3.63, 3.8) is 0 Å². The first-order valence-electron chi connectivity index (χ1n) is 4.17. The van der Waals surface area contributed by atoms with Crippen molar-refractivity contribution < 1.29 is 21.7 Å². The Balaban J connectivity index is 3.05. The van der Waals surface area contributed by atoms with E-state index in [2.05, 4.69) is 4.99 Å². The Labute approximate surface area is 105 Å². The molecule has 17 heavy (non-hydrogen) atoms. The van der Waals surface area contributed by atoms with Gasteiger partial charge in [-0.05, 0) is 18.2 Å². The van der Waals surface area contributed by atoms with Crippen LogP contribution in [0, 0.1) is 0 Å². The molecule has 2 N–H and O–H groups in total. The summed E-state index contributed by atoms with van der Waals surface area (Å²) in [5.41, 5.74) is 0.163. The van der Waals surface area contributed by atoms with Crippen molar-refractivity contribution in [3.05, 3.63) is 24.3 Å². The number of hydrogen-bond donors (Lipinski definition) is 2. The van der Waals surface area contributed by atoms with Crippen LogP contribution in [0.15, 0.2) is 34.2 Å². The first kappa shape index (κ1) is 14.3. The molecule has 0 heterocycles. The highest BCUT2D eigenvalue weighted by atomic mass is 35.5. The maximum Gasteiger partial charge on any atom is 0.294 e. The minimum atomic E-state index is -4.31. The van der Waals surface area contributed by atoms with Crippen molar-refractivity contribution in [2.45, 2.75) is 4.90 Å². The first-order valence-corrected chi connectivity index (χ1v) is 7.26. The maximum absolute atomic E-state index is 10.8. The second-order valence-electron chi connectivity index (χ2n) is 2.93. The molecule has 0 radical (unpaired) electrons. The Bertz CT molecular complexity index is 569. The van der Waals surface area contributed by atoms with E-state index in [1.165, 1.54) is 18.2 Å².